The molecule has 2 aliphatic rings. The van der Waals surface area contributed by atoms with E-state index in [1.54, 1.807) is 7.11 Å². The molecular weight excluding hydrogens is 270 g/mol. The Labute approximate surface area is 123 Å². The number of carboxylic acid groups (broad SMARTS) is 1. The van der Waals surface area contributed by atoms with Crippen LogP contribution in [0, 0.1) is 5.92 Å². The Kier molecular flexibility index (Phi) is 3.68. The van der Waals surface area contributed by atoms with Gasteiger partial charge in [-0.25, -0.2) is 0 Å². The Balaban J connectivity index is 1.83. The molecule has 21 heavy (non-hydrogen) atoms. The van der Waals surface area contributed by atoms with Gasteiger partial charge in [-0.15, -0.1) is 0 Å². The summed E-state index contributed by atoms with van der Waals surface area (Å²) >= 11 is 0. The van der Waals surface area contributed by atoms with Crippen molar-refractivity contribution in [1.82, 2.24) is 4.90 Å². The van der Waals surface area contributed by atoms with Crippen LogP contribution in [0.4, 0.5) is 0 Å². The normalized spacial score (nSPS) is 25.7. The van der Waals surface area contributed by atoms with E-state index in [0.29, 0.717) is 6.54 Å². The maximum Gasteiger partial charge on any atom is 0.144 e. The van der Waals surface area contributed by atoms with E-state index in [4.69, 9.17) is 4.74 Å². The molecule has 1 aliphatic heterocycles. The first-order valence-electron chi connectivity index (χ1n) is 7.24. The molecule has 0 bridgehead atoms. The number of likely N-dealkylation sites (tertiary alicyclic amines) is 1. The fourth-order valence-electron chi connectivity index (χ4n) is 3.41. The molecule has 0 N–H and O–H groups in total. The summed E-state index contributed by atoms with van der Waals surface area (Å²) in [4.78, 5) is 24.9. The standard InChI is InChI=1S/C16H19NO4/c1-21-11-4-2-10-3-5-14(12(10)8-11)17-7-6-15(18)13(9-17)16(19)20/h2,4,8,13-14H,3,5-7,9H2,1H3,(H,19,20)/p-1. The minimum absolute atomic E-state index is 0.171. The smallest absolute Gasteiger partial charge is 0.144 e. The Morgan fingerprint density at radius 3 is 2.90 bits per heavy atom. The monoisotopic (exact) mass is 288 g/mol. The van der Waals surface area contributed by atoms with Gasteiger partial charge in [0.05, 0.1) is 19.0 Å². The van der Waals surface area contributed by atoms with E-state index < -0.39 is 11.9 Å². The number of piperidine rings is 1. The average molecular weight is 288 g/mol. The zero-order chi connectivity index (χ0) is 15.0. The molecule has 0 amide bonds. The second-order valence-electron chi connectivity index (χ2n) is 5.70. The third-order valence-electron chi connectivity index (χ3n) is 4.58. The van der Waals surface area contributed by atoms with E-state index in [1.165, 1.54) is 11.1 Å². The van der Waals surface area contributed by atoms with Gasteiger partial charge in [0.1, 0.15) is 11.5 Å². The maximum absolute atomic E-state index is 11.7. The second-order valence-corrected chi connectivity index (χ2v) is 5.70. The van der Waals surface area contributed by atoms with Gasteiger partial charge >= 0.3 is 0 Å². The van der Waals surface area contributed by atoms with E-state index in [-0.39, 0.29) is 24.8 Å². The van der Waals surface area contributed by atoms with Gasteiger partial charge in [0.25, 0.3) is 0 Å². The summed E-state index contributed by atoms with van der Waals surface area (Å²) in [5.41, 5.74) is 2.48. The number of carbonyl (C=O) groups excluding carboxylic acids is 2. The van der Waals surface area contributed by atoms with Gasteiger partial charge in [-0.1, -0.05) is 6.07 Å². The van der Waals surface area contributed by atoms with Crippen molar-refractivity contribution in [2.24, 2.45) is 5.92 Å². The number of carboxylic acids is 1. The number of benzene rings is 1. The number of ether oxygens (including phenoxy) is 1. The molecule has 1 aliphatic carbocycles. The topological polar surface area (TPSA) is 69.7 Å². The zero-order valence-electron chi connectivity index (χ0n) is 12.0. The predicted molar refractivity (Wildman–Crippen MR) is 73.8 cm³/mol. The summed E-state index contributed by atoms with van der Waals surface area (Å²) in [6.07, 6.45) is 2.22. The molecule has 5 heteroatoms. The molecule has 0 spiro atoms. The molecule has 1 heterocycles. The van der Waals surface area contributed by atoms with Crippen LogP contribution in [0.15, 0.2) is 18.2 Å². The molecule has 1 fully saturated rings. The SMILES string of the molecule is COc1ccc2c(c1)C(N1CCC(=O)C(C(=O)[O-])C1)CC2. The highest BCUT2D eigenvalue weighted by atomic mass is 16.5. The molecule has 2 atom stereocenters. The molecule has 3 rings (SSSR count). The van der Waals surface area contributed by atoms with Crippen molar-refractivity contribution in [2.75, 3.05) is 20.2 Å². The minimum Gasteiger partial charge on any atom is -0.549 e. The van der Waals surface area contributed by atoms with Crippen molar-refractivity contribution in [2.45, 2.75) is 25.3 Å². The molecule has 2 unspecified atom stereocenters. The average Bonchev–Trinajstić information content (AvgIpc) is 2.90. The van der Waals surface area contributed by atoms with E-state index in [1.807, 2.05) is 12.1 Å². The number of aliphatic carboxylic acids is 1. The molecule has 0 radical (unpaired) electrons. The first kappa shape index (κ1) is 14.1. The second kappa shape index (κ2) is 5.48. The van der Waals surface area contributed by atoms with Crippen molar-refractivity contribution in [3.8, 4) is 5.75 Å². The Bertz CT molecular complexity index is 584. The molecule has 1 aromatic rings. The van der Waals surface area contributed by atoms with Crippen LogP contribution in [0.3, 0.4) is 0 Å². The molecular formula is C16H18NO4-. The van der Waals surface area contributed by atoms with Gasteiger partial charge in [-0.05, 0) is 36.1 Å². The first-order valence-corrected chi connectivity index (χ1v) is 7.24. The lowest BCUT2D eigenvalue weighted by Crippen LogP contribution is -2.49. The van der Waals surface area contributed by atoms with Gasteiger partial charge < -0.3 is 14.6 Å². The van der Waals surface area contributed by atoms with Crippen LogP contribution in [0.1, 0.15) is 30.0 Å². The van der Waals surface area contributed by atoms with Crippen LogP contribution in [0.2, 0.25) is 0 Å². The highest BCUT2D eigenvalue weighted by Gasteiger charge is 2.35. The number of nitrogens with zero attached hydrogens (tertiary/aromatic N) is 1. The lowest BCUT2D eigenvalue weighted by atomic mass is 9.94. The molecule has 0 saturated carbocycles. The number of hydrogen-bond acceptors (Lipinski definition) is 5. The largest absolute Gasteiger partial charge is 0.549 e. The summed E-state index contributed by atoms with van der Waals surface area (Å²) in [5, 5.41) is 11.1. The fraction of sp³-hybridized carbons (Fsp3) is 0.500. The number of methoxy groups -OCH3 is 1. The van der Waals surface area contributed by atoms with E-state index in [9.17, 15) is 14.7 Å². The van der Waals surface area contributed by atoms with Gasteiger partial charge in [-0.2, -0.15) is 0 Å². The van der Waals surface area contributed by atoms with Gasteiger partial charge in [0.15, 0.2) is 0 Å². The van der Waals surface area contributed by atoms with Crippen LogP contribution in [-0.2, 0) is 16.0 Å². The predicted octanol–water partition coefficient (Wildman–Crippen LogP) is 0.323. The van der Waals surface area contributed by atoms with Crippen molar-refractivity contribution in [3.63, 3.8) is 0 Å². The van der Waals surface area contributed by atoms with Crippen molar-refractivity contribution >= 4 is 11.8 Å². The lowest BCUT2D eigenvalue weighted by molar-refractivity contribution is -0.310. The number of carbonyl (C=O) groups is 2. The molecule has 5 nitrogen and oxygen atoms in total. The van der Waals surface area contributed by atoms with Crippen LogP contribution < -0.4 is 9.84 Å². The quantitative estimate of drug-likeness (QED) is 0.749. The number of Topliss-reactive ketones (excluding diaryl/α,β-unsaturated/α-hetero) is 1. The van der Waals surface area contributed by atoms with Crippen LogP contribution in [0.5, 0.6) is 5.75 Å². The number of rotatable bonds is 3. The third-order valence-corrected chi connectivity index (χ3v) is 4.58. The Morgan fingerprint density at radius 1 is 1.38 bits per heavy atom. The zero-order valence-corrected chi connectivity index (χ0v) is 12.0. The molecule has 112 valence electrons. The van der Waals surface area contributed by atoms with Crippen molar-refractivity contribution < 1.29 is 19.4 Å². The Morgan fingerprint density at radius 2 is 2.19 bits per heavy atom. The summed E-state index contributed by atoms with van der Waals surface area (Å²) in [6.45, 7) is 0.867. The number of hydrogen-bond donors (Lipinski definition) is 0. The van der Waals surface area contributed by atoms with Gasteiger partial charge in [-0.3, -0.25) is 9.69 Å². The number of ketones is 1. The van der Waals surface area contributed by atoms with Crippen LogP contribution in [-0.4, -0.2) is 36.9 Å². The molecule has 1 aromatic carbocycles. The first-order chi connectivity index (χ1) is 10.1. The van der Waals surface area contributed by atoms with Gasteiger partial charge in [0, 0.05) is 25.6 Å². The van der Waals surface area contributed by atoms with Crippen molar-refractivity contribution in [1.29, 1.82) is 0 Å². The van der Waals surface area contributed by atoms with Crippen LogP contribution in [0.25, 0.3) is 0 Å². The summed E-state index contributed by atoms with van der Waals surface area (Å²) in [6, 6.07) is 6.21. The highest BCUT2D eigenvalue weighted by molar-refractivity contribution is 5.98. The third kappa shape index (κ3) is 2.53. The highest BCUT2D eigenvalue weighted by Crippen LogP contribution is 2.39. The lowest BCUT2D eigenvalue weighted by Gasteiger charge is -2.36. The summed E-state index contributed by atoms with van der Waals surface area (Å²) in [5.74, 6) is -1.65. The number of fused-ring (bicyclic) bond motifs is 1. The minimum atomic E-state index is -1.26. The molecule has 0 aromatic heterocycles. The van der Waals surface area contributed by atoms with Gasteiger partial charge in [0.2, 0.25) is 0 Å². The van der Waals surface area contributed by atoms with E-state index in [2.05, 4.69) is 11.0 Å². The summed E-state index contributed by atoms with van der Waals surface area (Å²) < 4.78 is 5.27. The Hall–Kier alpha value is -1.88. The molecule has 1 saturated heterocycles. The maximum atomic E-state index is 11.7. The van der Waals surface area contributed by atoms with E-state index in [0.717, 1.165) is 18.6 Å². The fourth-order valence-corrected chi connectivity index (χ4v) is 3.41. The number of aryl methyl sites for hydroxylation is 1. The summed E-state index contributed by atoms with van der Waals surface area (Å²) in [7, 11) is 1.64. The van der Waals surface area contributed by atoms with E-state index >= 15 is 0 Å². The van der Waals surface area contributed by atoms with Crippen LogP contribution >= 0.6 is 0 Å². The van der Waals surface area contributed by atoms with Crippen molar-refractivity contribution in [3.05, 3.63) is 29.3 Å².